The number of amides is 1. The van der Waals surface area contributed by atoms with Crippen molar-refractivity contribution in [1.82, 2.24) is 0 Å². The second-order valence-corrected chi connectivity index (χ2v) is 5.15. The lowest BCUT2D eigenvalue weighted by molar-refractivity contribution is -0.117. The van der Waals surface area contributed by atoms with Crippen molar-refractivity contribution in [1.29, 1.82) is 0 Å². The van der Waals surface area contributed by atoms with E-state index in [1.807, 2.05) is 61.5 Å². The summed E-state index contributed by atoms with van der Waals surface area (Å²) in [4.78, 5) is 12.3. The molecule has 2 aromatic rings. The Morgan fingerprint density at radius 3 is 2.62 bits per heavy atom. The third-order valence-corrected chi connectivity index (χ3v) is 3.51. The van der Waals surface area contributed by atoms with E-state index in [2.05, 4.69) is 5.32 Å². The molecule has 0 spiro atoms. The van der Waals surface area contributed by atoms with Gasteiger partial charge in [-0.2, -0.15) is 0 Å². The highest BCUT2D eigenvalue weighted by Crippen LogP contribution is 2.18. The maximum absolute atomic E-state index is 12.3. The van der Waals surface area contributed by atoms with Gasteiger partial charge in [-0.25, -0.2) is 0 Å². The van der Waals surface area contributed by atoms with Crippen LogP contribution >= 0.6 is 0 Å². The summed E-state index contributed by atoms with van der Waals surface area (Å²) in [6.07, 6.45) is 1.55. The fourth-order valence-electron chi connectivity index (χ4n) is 2.23. The van der Waals surface area contributed by atoms with Crippen molar-refractivity contribution in [3.8, 4) is 0 Å². The molecule has 21 heavy (non-hydrogen) atoms. The highest BCUT2D eigenvalue weighted by atomic mass is 16.2. The minimum atomic E-state index is -0.188. The van der Waals surface area contributed by atoms with Gasteiger partial charge in [0.05, 0.1) is 5.92 Å². The summed E-state index contributed by atoms with van der Waals surface area (Å²) in [6, 6.07) is 17.5. The van der Waals surface area contributed by atoms with Gasteiger partial charge in [0.1, 0.15) is 0 Å². The molecule has 0 heterocycles. The summed E-state index contributed by atoms with van der Waals surface area (Å²) in [5.74, 6) is -0.201. The van der Waals surface area contributed by atoms with Crippen LogP contribution in [0.25, 0.3) is 0 Å². The molecule has 0 saturated carbocycles. The second-order valence-electron chi connectivity index (χ2n) is 5.15. The normalized spacial score (nSPS) is 11.9. The molecule has 0 aliphatic rings. The number of anilines is 1. The lowest BCUT2D eigenvalue weighted by Gasteiger charge is -2.13. The van der Waals surface area contributed by atoms with Gasteiger partial charge < -0.3 is 10.4 Å². The van der Waals surface area contributed by atoms with Crippen molar-refractivity contribution >= 4 is 11.6 Å². The molecule has 0 bridgehead atoms. The quantitative estimate of drug-likeness (QED) is 0.854. The number of nitrogens with one attached hydrogen (secondary N) is 1. The smallest absolute Gasteiger partial charge is 0.231 e. The SMILES string of the molecule is CC(C(=O)Nc1cccc(CCCO)c1)c1ccccc1. The first-order valence-corrected chi connectivity index (χ1v) is 7.26. The van der Waals surface area contributed by atoms with E-state index in [9.17, 15) is 4.79 Å². The summed E-state index contributed by atoms with van der Waals surface area (Å²) < 4.78 is 0. The zero-order chi connectivity index (χ0) is 15.1. The van der Waals surface area contributed by atoms with Gasteiger partial charge >= 0.3 is 0 Å². The summed E-state index contributed by atoms with van der Waals surface area (Å²) in [6.45, 7) is 2.09. The van der Waals surface area contributed by atoms with Crippen LogP contribution in [0.2, 0.25) is 0 Å². The van der Waals surface area contributed by atoms with Crippen molar-refractivity contribution < 1.29 is 9.90 Å². The second kappa shape index (κ2) is 7.60. The fourth-order valence-corrected chi connectivity index (χ4v) is 2.23. The van der Waals surface area contributed by atoms with Crippen LogP contribution in [0.4, 0.5) is 5.69 Å². The van der Waals surface area contributed by atoms with E-state index in [1.165, 1.54) is 0 Å². The minimum Gasteiger partial charge on any atom is -0.396 e. The number of rotatable bonds is 6. The summed E-state index contributed by atoms with van der Waals surface area (Å²) in [5.41, 5.74) is 2.93. The summed E-state index contributed by atoms with van der Waals surface area (Å²) in [5, 5.41) is 11.8. The molecule has 110 valence electrons. The molecule has 3 heteroatoms. The number of hydrogen-bond acceptors (Lipinski definition) is 2. The Kier molecular flexibility index (Phi) is 5.52. The molecule has 2 N–H and O–H groups in total. The first kappa shape index (κ1) is 15.3. The number of benzene rings is 2. The van der Waals surface area contributed by atoms with Crippen LogP contribution in [0.5, 0.6) is 0 Å². The van der Waals surface area contributed by atoms with Crippen LogP contribution < -0.4 is 5.32 Å². The maximum Gasteiger partial charge on any atom is 0.231 e. The molecule has 1 amide bonds. The number of carbonyl (C=O) groups excluding carboxylic acids is 1. The number of aliphatic hydroxyl groups is 1. The first-order chi connectivity index (χ1) is 10.2. The third kappa shape index (κ3) is 4.43. The van der Waals surface area contributed by atoms with E-state index in [0.29, 0.717) is 0 Å². The van der Waals surface area contributed by atoms with Crippen molar-refractivity contribution in [2.24, 2.45) is 0 Å². The van der Waals surface area contributed by atoms with Crippen molar-refractivity contribution in [2.45, 2.75) is 25.7 Å². The van der Waals surface area contributed by atoms with Crippen LogP contribution in [0.1, 0.15) is 30.4 Å². The zero-order valence-corrected chi connectivity index (χ0v) is 12.3. The monoisotopic (exact) mass is 283 g/mol. The largest absolute Gasteiger partial charge is 0.396 e. The third-order valence-electron chi connectivity index (χ3n) is 3.51. The van der Waals surface area contributed by atoms with Crippen LogP contribution in [0.15, 0.2) is 54.6 Å². The van der Waals surface area contributed by atoms with E-state index in [1.54, 1.807) is 0 Å². The molecule has 0 radical (unpaired) electrons. The number of aliphatic hydroxyl groups excluding tert-OH is 1. The topological polar surface area (TPSA) is 49.3 Å². The number of hydrogen-bond donors (Lipinski definition) is 2. The maximum atomic E-state index is 12.3. The van der Waals surface area contributed by atoms with Crippen molar-refractivity contribution in [3.63, 3.8) is 0 Å². The van der Waals surface area contributed by atoms with Gasteiger partial charge in [-0.3, -0.25) is 4.79 Å². The average Bonchev–Trinajstić information content (AvgIpc) is 2.53. The van der Waals surface area contributed by atoms with Gasteiger partial charge in [0.25, 0.3) is 0 Å². The lowest BCUT2D eigenvalue weighted by atomic mass is 10.0. The van der Waals surface area contributed by atoms with Gasteiger partial charge in [-0.1, -0.05) is 42.5 Å². The Bertz CT molecular complexity index is 581. The van der Waals surface area contributed by atoms with Crippen molar-refractivity contribution in [2.75, 3.05) is 11.9 Å². The van der Waals surface area contributed by atoms with Gasteiger partial charge in [0.2, 0.25) is 5.91 Å². The number of aryl methyl sites for hydroxylation is 1. The molecule has 0 aliphatic heterocycles. The van der Waals surface area contributed by atoms with Gasteiger partial charge in [-0.05, 0) is 43.0 Å². The molecule has 0 saturated heterocycles. The van der Waals surface area contributed by atoms with E-state index in [4.69, 9.17) is 5.11 Å². The minimum absolute atomic E-state index is 0.0134. The molecule has 0 aromatic heterocycles. The highest BCUT2D eigenvalue weighted by molar-refractivity contribution is 5.95. The van der Waals surface area contributed by atoms with Gasteiger partial charge in [0, 0.05) is 12.3 Å². The predicted molar refractivity (Wildman–Crippen MR) is 85.3 cm³/mol. The van der Waals surface area contributed by atoms with E-state index < -0.39 is 0 Å². The number of carbonyl (C=O) groups is 1. The van der Waals surface area contributed by atoms with Crippen LogP contribution in [0.3, 0.4) is 0 Å². The molecular weight excluding hydrogens is 262 g/mol. The average molecular weight is 283 g/mol. The Morgan fingerprint density at radius 2 is 1.90 bits per heavy atom. The zero-order valence-electron chi connectivity index (χ0n) is 12.3. The summed E-state index contributed by atoms with van der Waals surface area (Å²) in [7, 11) is 0. The Hall–Kier alpha value is -2.13. The Labute approximate surface area is 125 Å². The molecular formula is C18H21NO2. The fraction of sp³-hybridized carbons (Fsp3) is 0.278. The Balaban J connectivity index is 2.02. The molecule has 0 aliphatic carbocycles. The van der Waals surface area contributed by atoms with Gasteiger partial charge in [-0.15, -0.1) is 0 Å². The first-order valence-electron chi connectivity index (χ1n) is 7.26. The predicted octanol–water partition coefficient (Wildman–Crippen LogP) is 3.35. The molecule has 3 nitrogen and oxygen atoms in total. The summed E-state index contributed by atoms with van der Waals surface area (Å²) >= 11 is 0. The molecule has 0 fully saturated rings. The van der Waals surface area contributed by atoms with Gasteiger partial charge in [0.15, 0.2) is 0 Å². The van der Waals surface area contributed by atoms with Crippen LogP contribution in [-0.4, -0.2) is 17.6 Å². The van der Waals surface area contributed by atoms with Crippen LogP contribution in [-0.2, 0) is 11.2 Å². The van der Waals surface area contributed by atoms with Crippen molar-refractivity contribution in [3.05, 3.63) is 65.7 Å². The van der Waals surface area contributed by atoms with E-state index >= 15 is 0 Å². The molecule has 2 rings (SSSR count). The lowest BCUT2D eigenvalue weighted by Crippen LogP contribution is -2.18. The highest BCUT2D eigenvalue weighted by Gasteiger charge is 2.14. The Morgan fingerprint density at radius 1 is 1.14 bits per heavy atom. The molecule has 1 unspecified atom stereocenters. The van der Waals surface area contributed by atoms with Crippen LogP contribution in [0, 0.1) is 0 Å². The standard InChI is InChI=1S/C18H21NO2/c1-14(16-9-3-2-4-10-16)18(21)19-17-11-5-7-15(13-17)8-6-12-20/h2-5,7,9-11,13-14,20H,6,8,12H2,1H3,(H,19,21). The van der Waals surface area contributed by atoms with E-state index in [0.717, 1.165) is 29.7 Å². The molecule has 2 aromatic carbocycles. The van der Waals surface area contributed by atoms with E-state index in [-0.39, 0.29) is 18.4 Å². The molecule has 1 atom stereocenters.